The van der Waals surface area contributed by atoms with Crippen molar-refractivity contribution in [3.63, 3.8) is 0 Å². The molecule has 0 aromatic carbocycles. The minimum Gasteiger partial charge on any atom is -0.388 e. The number of nitrogens with one attached hydrogen (secondary N) is 1. The summed E-state index contributed by atoms with van der Waals surface area (Å²) in [5.74, 6) is -0.356. The first-order valence-corrected chi connectivity index (χ1v) is 13.3. The van der Waals surface area contributed by atoms with E-state index in [9.17, 15) is 34.0 Å². The molecule has 1 fully saturated rings. The van der Waals surface area contributed by atoms with Crippen LogP contribution in [0, 0.1) is 12.7 Å². The second kappa shape index (κ2) is 9.97. The highest BCUT2D eigenvalue weighted by Gasteiger charge is 2.51. The molecule has 35 heavy (non-hydrogen) atoms. The molecule has 0 aromatic rings. The Morgan fingerprint density at radius 2 is 1.83 bits per heavy atom. The number of rotatable bonds is 9. The number of pyridine rings is 2. The van der Waals surface area contributed by atoms with Crippen molar-refractivity contribution in [3.8, 4) is 11.4 Å². The van der Waals surface area contributed by atoms with Gasteiger partial charge in [0.1, 0.15) is 30.0 Å². The molecule has 5 N–H and O–H groups in total. The molecular weight excluding hydrogens is 482 g/mol. The van der Waals surface area contributed by atoms with Crippen LogP contribution in [0.5, 0.6) is 0 Å². The van der Waals surface area contributed by atoms with Crippen molar-refractivity contribution in [2.24, 2.45) is 0 Å². The lowest BCUT2D eigenvalue weighted by atomic mass is 9.92. The van der Waals surface area contributed by atoms with E-state index in [0.29, 0.717) is 0 Å². The Labute approximate surface area is 203 Å². The number of nitrogens with zero attached hydrogens (tertiary/aromatic N) is 1. The molecule has 1 saturated heterocycles. The third kappa shape index (κ3) is 5.22. The number of fused-ring (bicyclic) bond motifs is 1. The minimum atomic E-state index is -4.50. The van der Waals surface area contributed by atoms with Crippen LogP contribution < -0.4 is 5.56 Å². The number of aryl methyl sites for hydroxylation is 1. The summed E-state index contributed by atoms with van der Waals surface area (Å²) in [5.41, 5.74) is -1.57. The van der Waals surface area contributed by atoms with Crippen LogP contribution in [-0.2, 0) is 13.8 Å². The predicted octanol–water partition coefficient (Wildman–Crippen LogP) is 2.75. The topological polar surface area (TPSA) is 162 Å². The van der Waals surface area contributed by atoms with Gasteiger partial charge in [-0.15, -0.1) is 0 Å². The fourth-order valence-corrected chi connectivity index (χ4v) is 6.07. The van der Waals surface area contributed by atoms with Crippen LogP contribution in [0.15, 0.2) is 16.9 Å². The quantitative estimate of drug-likeness (QED) is 0.316. The van der Waals surface area contributed by atoms with Gasteiger partial charge in [-0.05, 0) is 45.2 Å². The van der Waals surface area contributed by atoms with Crippen LogP contribution in [0.3, 0.4) is 0 Å². The Morgan fingerprint density at radius 3 is 2.40 bits per heavy atom. The predicted molar refractivity (Wildman–Crippen MR) is 126 cm³/mol. The number of hydrogen-bond donors (Lipinski definition) is 5. The fraction of sp³-hybridized carbons (Fsp3) is 0.652. The van der Waals surface area contributed by atoms with Crippen LogP contribution in [0.2, 0.25) is 0 Å². The summed E-state index contributed by atoms with van der Waals surface area (Å²) in [5, 5.41) is 30.0. The molecule has 3 aliphatic rings. The monoisotopic (exact) mass is 516 g/mol. The summed E-state index contributed by atoms with van der Waals surface area (Å²) < 4.78 is 38.4. The zero-order chi connectivity index (χ0) is 26.3. The largest absolute Gasteiger partial charge is 0.388 e. The minimum absolute atomic E-state index is 0.000792. The summed E-state index contributed by atoms with van der Waals surface area (Å²) in [6.45, 7) is 7.91. The molecule has 3 heterocycles. The maximum absolute atomic E-state index is 14.0. The van der Waals surface area contributed by atoms with Gasteiger partial charge in [-0.1, -0.05) is 20.8 Å². The van der Waals surface area contributed by atoms with E-state index in [4.69, 9.17) is 9.26 Å². The fourth-order valence-electron chi connectivity index (χ4n) is 4.30. The highest BCUT2D eigenvalue weighted by molar-refractivity contribution is 7.54. The lowest BCUT2D eigenvalue weighted by Gasteiger charge is -2.38. The first-order valence-electron chi connectivity index (χ1n) is 11.7. The van der Waals surface area contributed by atoms with E-state index in [1.807, 2.05) is 0 Å². The Kier molecular flexibility index (Phi) is 7.94. The maximum atomic E-state index is 14.0. The van der Waals surface area contributed by atoms with Crippen molar-refractivity contribution in [2.75, 3.05) is 0 Å². The van der Waals surface area contributed by atoms with Crippen molar-refractivity contribution >= 4 is 7.60 Å². The van der Waals surface area contributed by atoms with Crippen molar-refractivity contribution in [3.05, 3.63) is 39.6 Å². The van der Waals surface area contributed by atoms with E-state index in [2.05, 4.69) is 9.97 Å². The third-order valence-electron chi connectivity index (χ3n) is 7.04. The first kappa shape index (κ1) is 27.9. The molecule has 3 unspecified atom stereocenters. The lowest BCUT2D eigenvalue weighted by molar-refractivity contribution is -0.0545. The Balaban J connectivity index is 1.88. The number of aliphatic hydroxyl groups excluding tert-OH is 2. The molecule has 0 spiro atoms. The Morgan fingerprint density at radius 1 is 1.20 bits per heavy atom. The molecule has 10 nitrogen and oxygen atoms in total. The van der Waals surface area contributed by atoms with Gasteiger partial charge in [0, 0.05) is 17.7 Å². The van der Waals surface area contributed by atoms with E-state index >= 15 is 0 Å². The van der Waals surface area contributed by atoms with Gasteiger partial charge < -0.3 is 34.5 Å². The molecule has 196 valence electrons. The average Bonchev–Trinajstić information content (AvgIpc) is 3.06. The summed E-state index contributed by atoms with van der Waals surface area (Å²) in [7, 11) is -4.50. The van der Waals surface area contributed by atoms with Crippen molar-refractivity contribution in [2.45, 2.75) is 95.7 Å². The third-order valence-corrected chi connectivity index (χ3v) is 9.42. The summed E-state index contributed by atoms with van der Waals surface area (Å²) in [4.78, 5) is 29.8. The second-order valence-corrected chi connectivity index (χ2v) is 11.5. The molecule has 0 radical (unpaired) electrons. The molecule has 3 aliphatic heterocycles. The highest BCUT2D eigenvalue weighted by Crippen LogP contribution is 2.60. The number of halogens is 1. The van der Waals surface area contributed by atoms with Crippen LogP contribution in [0.4, 0.5) is 4.39 Å². The zero-order valence-corrected chi connectivity index (χ0v) is 21.4. The number of hydrogen-bond acceptors (Lipinski definition) is 8. The average molecular weight is 517 g/mol. The SMILES string of the molecule is CCC(C)(C[C@H]1O[C@@H](c2cc3cc(F)c(C)[nH]c-3nc2=O)[C@@H](O)C1O)OP(=O)(O)C(O)(CC)CC. The van der Waals surface area contributed by atoms with Gasteiger partial charge in [0.2, 0.25) is 0 Å². The van der Waals surface area contributed by atoms with Gasteiger partial charge in [-0.2, -0.15) is 4.98 Å². The number of aromatic nitrogens is 2. The van der Waals surface area contributed by atoms with Gasteiger partial charge in [-0.3, -0.25) is 9.36 Å². The molecule has 0 aliphatic carbocycles. The van der Waals surface area contributed by atoms with Gasteiger partial charge in [0.05, 0.1) is 17.3 Å². The van der Waals surface area contributed by atoms with Crippen molar-refractivity contribution < 1.29 is 38.4 Å². The Bertz CT molecular complexity index is 1140. The van der Waals surface area contributed by atoms with Gasteiger partial charge in [0.15, 0.2) is 5.34 Å². The normalized spacial score (nSPS) is 26.6. The highest BCUT2D eigenvalue weighted by atomic mass is 31.2. The van der Waals surface area contributed by atoms with E-state index < -0.39 is 54.3 Å². The van der Waals surface area contributed by atoms with E-state index in [1.165, 1.54) is 19.1 Å². The van der Waals surface area contributed by atoms with Crippen LogP contribution in [-0.4, -0.2) is 59.4 Å². The zero-order valence-electron chi connectivity index (χ0n) is 20.5. The first-order chi connectivity index (χ1) is 16.2. The van der Waals surface area contributed by atoms with E-state index in [0.717, 1.165) is 0 Å². The number of H-pyrrole nitrogens is 1. The molecule has 12 heteroatoms. The molecular formula is C23H34FN2O8P. The number of aliphatic hydroxyl groups is 3. The van der Waals surface area contributed by atoms with Crippen LogP contribution in [0.25, 0.3) is 11.4 Å². The van der Waals surface area contributed by atoms with Gasteiger partial charge in [-0.25, -0.2) is 4.39 Å². The number of aromatic amines is 1. The van der Waals surface area contributed by atoms with Crippen molar-refractivity contribution in [1.82, 2.24) is 9.97 Å². The molecule has 3 rings (SSSR count). The van der Waals surface area contributed by atoms with E-state index in [-0.39, 0.29) is 48.3 Å². The van der Waals surface area contributed by atoms with Gasteiger partial charge >= 0.3 is 7.60 Å². The number of ether oxygens (including phenoxy) is 1. The van der Waals surface area contributed by atoms with Crippen LogP contribution in [0.1, 0.15) is 70.7 Å². The van der Waals surface area contributed by atoms with Gasteiger partial charge in [0.25, 0.3) is 5.56 Å². The molecule has 0 amide bonds. The lowest BCUT2D eigenvalue weighted by Crippen LogP contribution is -2.40. The molecule has 0 saturated carbocycles. The molecule has 0 bridgehead atoms. The molecule has 0 aromatic heterocycles. The summed E-state index contributed by atoms with van der Waals surface area (Å²) in [6.07, 6.45) is -5.15. The maximum Gasteiger partial charge on any atom is 0.359 e. The smallest absolute Gasteiger partial charge is 0.359 e. The summed E-state index contributed by atoms with van der Waals surface area (Å²) in [6, 6.07) is 2.56. The second-order valence-electron chi connectivity index (χ2n) is 9.45. The summed E-state index contributed by atoms with van der Waals surface area (Å²) >= 11 is 0. The van der Waals surface area contributed by atoms with Crippen LogP contribution >= 0.6 is 7.60 Å². The molecule has 6 atom stereocenters. The standard InChI is InChI=1S/C23H34FN2O8P/c1-6-22(5,34-35(31,32)23(30,7-2)8-3)11-16-17(27)18(28)19(33-16)14-9-13-10-15(24)12(4)25-20(13)26-21(14)29/h9-10,16-19,27-28,30H,6-8,11H2,1-5H3,(H,31,32)(H,25,26,29)/t16-,17?,18+,19+,22?/m1/s1. The van der Waals surface area contributed by atoms with E-state index in [1.54, 1.807) is 27.7 Å². The van der Waals surface area contributed by atoms with Crippen molar-refractivity contribution in [1.29, 1.82) is 0 Å². The Hall–Kier alpha value is -1.72.